The second kappa shape index (κ2) is 7.97. The fourth-order valence-electron chi connectivity index (χ4n) is 2.23. The highest BCUT2D eigenvalue weighted by Crippen LogP contribution is 2.22. The number of hydrogen-bond donors (Lipinski definition) is 1. The molecule has 0 saturated heterocycles. The molecule has 0 saturated carbocycles. The minimum absolute atomic E-state index is 0.314. The van der Waals surface area contributed by atoms with Gasteiger partial charge in [-0.15, -0.1) is 0 Å². The number of ether oxygens (including phenoxy) is 1. The first kappa shape index (κ1) is 18.0. The van der Waals surface area contributed by atoms with Crippen LogP contribution in [0.5, 0.6) is 5.75 Å². The average molecular weight is 391 g/mol. The van der Waals surface area contributed by atoms with Crippen molar-refractivity contribution in [1.29, 1.82) is 0 Å². The summed E-state index contributed by atoms with van der Waals surface area (Å²) in [5.41, 5.74) is 2.12. The number of benzene rings is 2. The molecule has 2 aromatic rings. The van der Waals surface area contributed by atoms with Crippen molar-refractivity contribution < 1.29 is 19.4 Å². The van der Waals surface area contributed by atoms with Gasteiger partial charge in [0.05, 0.1) is 13.2 Å². The van der Waals surface area contributed by atoms with E-state index in [2.05, 4.69) is 21.2 Å². The van der Waals surface area contributed by atoms with Crippen molar-refractivity contribution in [2.75, 3.05) is 7.11 Å². The fraction of sp³-hybridized carbons (Fsp3) is 0.222. The zero-order valence-electron chi connectivity index (χ0n) is 13.3. The first-order valence-electron chi connectivity index (χ1n) is 7.31. The van der Waals surface area contributed by atoms with Gasteiger partial charge in [-0.1, -0.05) is 34.1 Å². The number of hydrogen-bond acceptors (Lipinski definition) is 4. The van der Waals surface area contributed by atoms with Gasteiger partial charge in [-0.3, -0.25) is 4.79 Å². The Hall–Kier alpha value is -2.34. The van der Waals surface area contributed by atoms with Crippen LogP contribution in [0.4, 0.5) is 0 Å². The number of rotatable bonds is 6. The van der Waals surface area contributed by atoms with Crippen molar-refractivity contribution in [2.45, 2.75) is 19.4 Å². The quantitative estimate of drug-likeness (QED) is 0.820. The summed E-state index contributed by atoms with van der Waals surface area (Å²) in [6, 6.07) is 11.4. The molecule has 0 spiro atoms. The number of carbonyl (C=O) groups excluding carboxylic acids is 2. The van der Waals surface area contributed by atoms with E-state index in [1.807, 2.05) is 13.0 Å². The van der Waals surface area contributed by atoms with E-state index in [-0.39, 0.29) is 12.3 Å². The Morgan fingerprint density at radius 3 is 2.42 bits per heavy atom. The number of nitrogens with one attached hydrogen (secondary N) is 1. The standard InChI is InChI=1S/C18H18BrNO4/c1-11-3-4-13(9-15(11)19)18(23)20-16(10-17(21)22)12-5-7-14(24-2)8-6-12/h3-9,16H,10H2,1-2H3,(H,20,23)(H,21,22)/p-1/t16-/m0/s1. The number of halogens is 1. The van der Waals surface area contributed by atoms with Crippen LogP contribution in [-0.4, -0.2) is 19.0 Å². The number of aryl methyl sites for hydroxylation is 1. The number of carboxylic acid groups (broad SMARTS) is 1. The lowest BCUT2D eigenvalue weighted by Gasteiger charge is -2.20. The molecule has 0 bridgehead atoms. The summed E-state index contributed by atoms with van der Waals surface area (Å²) < 4.78 is 5.90. The van der Waals surface area contributed by atoms with Crippen molar-refractivity contribution in [3.05, 3.63) is 63.6 Å². The van der Waals surface area contributed by atoms with Gasteiger partial charge in [-0.05, 0) is 42.3 Å². The largest absolute Gasteiger partial charge is 0.550 e. The van der Waals surface area contributed by atoms with Crippen molar-refractivity contribution in [1.82, 2.24) is 5.32 Å². The number of methoxy groups -OCH3 is 1. The molecular formula is C18H17BrNO4-. The molecule has 24 heavy (non-hydrogen) atoms. The molecule has 0 aliphatic heterocycles. The van der Waals surface area contributed by atoms with E-state index in [0.29, 0.717) is 16.9 Å². The van der Waals surface area contributed by atoms with Gasteiger partial charge in [0.15, 0.2) is 0 Å². The van der Waals surface area contributed by atoms with Crippen molar-refractivity contribution in [3.8, 4) is 5.75 Å². The Bertz CT molecular complexity index is 743. The third kappa shape index (κ3) is 4.58. The van der Waals surface area contributed by atoms with Gasteiger partial charge in [0, 0.05) is 22.4 Å². The average Bonchev–Trinajstić information content (AvgIpc) is 2.56. The third-order valence-corrected chi connectivity index (χ3v) is 4.48. The van der Waals surface area contributed by atoms with Crippen LogP contribution in [0, 0.1) is 6.92 Å². The van der Waals surface area contributed by atoms with Gasteiger partial charge in [0.25, 0.3) is 5.91 Å². The molecule has 0 aliphatic carbocycles. The molecule has 0 unspecified atom stereocenters. The number of carbonyl (C=O) groups is 2. The van der Waals surface area contributed by atoms with E-state index in [1.54, 1.807) is 43.5 Å². The molecule has 0 fully saturated rings. The molecule has 5 nitrogen and oxygen atoms in total. The van der Waals surface area contributed by atoms with Crippen molar-refractivity contribution in [3.63, 3.8) is 0 Å². The molecule has 0 radical (unpaired) electrons. The van der Waals surface area contributed by atoms with E-state index < -0.39 is 12.0 Å². The minimum atomic E-state index is -1.23. The molecule has 0 aromatic heterocycles. The van der Waals surface area contributed by atoms with Gasteiger partial charge in [-0.25, -0.2) is 0 Å². The first-order valence-corrected chi connectivity index (χ1v) is 8.11. The predicted octanol–water partition coefficient (Wildman–Crippen LogP) is 2.38. The van der Waals surface area contributed by atoms with Gasteiger partial charge in [-0.2, -0.15) is 0 Å². The molecule has 1 N–H and O–H groups in total. The molecular weight excluding hydrogens is 374 g/mol. The molecule has 1 amide bonds. The second-order valence-corrected chi connectivity index (χ2v) is 6.19. The maximum absolute atomic E-state index is 12.4. The molecule has 1 atom stereocenters. The number of aliphatic carboxylic acids is 1. The normalized spacial score (nSPS) is 11.6. The van der Waals surface area contributed by atoms with Crippen LogP contribution in [0.15, 0.2) is 46.9 Å². The predicted molar refractivity (Wildman–Crippen MR) is 91.7 cm³/mol. The maximum atomic E-state index is 12.4. The van der Waals surface area contributed by atoms with Gasteiger partial charge in [0.1, 0.15) is 5.75 Å². The van der Waals surface area contributed by atoms with Crippen LogP contribution in [0.1, 0.15) is 33.9 Å². The summed E-state index contributed by atoms with van der Waals surface area (Å²) in [5, 5.41) is 13.8. The van der Waals surface area contributed by atoms with E-state index in [1.165, 1.54) is 0 Å². The monoisotopic (exact) mass is 390 g/mol. The Kier molecular flexibility index (Phi) is 5.98. The summed E-state index contributed by atoms with van der Waals surface area (Å²) in [5.74, 6) is -0.932. The molecule has 0 heterocycles. The summed E-state index contributed by atoms with van der Waals surface area (Å²) in [6.45, 7) is 1.92. The molecule has 2 aromatic carbocycles. The molecule has 6 heteroatoms. The molecule has 2 rings (SSSR count). The Morgan fingerprint density at radius 1 is 1.21 bits per heavy atom. The van der Waals surface area contributed by atoms with Crippen LogP contribution >= 0.6 is 15.9 Å². The third-order valence-electron chi connectivity index (χ3n) is 3.63. The van der Waals surface area contributed by atoms with Crippen molar-refractivity contribution >= 4 is 27.8 Å². The SMILES string of the molecule is COc1ccc([C@H](CC(=O)[O-])NC(=O)c2ccc(C)c(Br)c2)cc1. The van der Waals surface area contributed by atoms with E-state index >= 15 is 0 Å². The minimum Gasteiger partial charge on any atom is -0.550 e. The summed E-state index contributed by atoms with van der Waals surface area (Å²) in [7, 11) is 1.55. The smallest absolute Gasteiger partial charge is 0.251 e. The molecule has 126 valence electrons. The zero-order valence-corrected chi connectivity index (χ0v) is 14.9. The Labute approximate surface area is 148 Å². The van der Waals surface area contributed by atoms with Crippen LogP contribution in [0.2, 0.25) is 0 Å². The lowest BCUT2D eigenvalue weighted by molar-refractivity contribution is -0.306. The van der Waals surface area contributed by atoms with Crippen LogP contribution in [-0.2, 0) is 4.79 Å². The lowest BCUT2D eigenvalue weighted by Crippen LogP contribution is -2.34. The highest BCUT2D eigenvalue weighted by Gasteiger charge is 2.17. The summed E-state index contributed by atoms with van der Waals surface area (Å²) >= 11 is 3.38. The van der Waals surface area contributed by atoms with Gasteiger partial charge in [0.2, 0.25) is 0 Å². The topological polar surface area (TPSA) is 78.5 Å². The van der Waals surface area contributed by atoms with Crippen LogP contribution < -0.4 is 15.2 Å². The summed E-state index contributed by atoms with van der Waals surface area (Å²) in [4.78, 5) is 23.5. The maximum Gasteiger partial charge on any atom is 0.251 e. The van der Waals surface area contributed by atoms with Crippen LogP contribution in [0.25, 0.3) is 0 Å². The van der Waals surface area contributed by atoms with E-state index in [0.717, 1.165) is 10.0 Å². The van der Waals surface area contributed by atoms with Gasteiger partial charge < -0.3 is 20.0 Å². The first-order chi connectivity index (χ1) is 11.4. The van der Waals surface area contributed by atoms with E-state index in [9.17, 15) is 14.7 Å². The summed E-state index contributed by atoms with van der Waals surface area (Å²) in [6.07, 6.45) is -0.314. The fourth-order valence-corrected chi connectivity index (χ4v) is 2.61. The van der Waals surface area contributed by atoms with Crippen molar-refractivity contribution in [2.24, 2.45) is 0 Å². The highest BCUT2D eigenvalue weighted by atomic mass is 79.9. The van der Waals surface area contributed by atoms with Crippen LogP contribution in [0.3, 0.4) is 0 Å². The number of amides is 1. The molecule has 0 aliphatic rings. The number of carboxylic acids is 1. The second-order valence-electron chi connectivity index (χ2n) is 5.34. The highest BCUT2D eigenvalue weighted by molar-refractivity contribution is 9.10. The Morgan fingerprint density at radius 2 is 1.88 bits per heavy atom. The lowest BCUT2D eigenvalue weighted by atomic mass is 10.0. The van der Waals surface area contributed by atoms with Gasteiger partial charge >= 0.3 is 0 Å². The Balaban J connectivity index is 2.22. The zero-order chi connectivity index (χ0) is 17.7. The van der Waals surface area contributed by atoms with E-state index in [4.69, 9.17) is 4.74 Å².